The molecule has 0 radical (unpaired) electrons. The molecular weight excluding hydrogens is 320 g/mol. The van der Waals surface area contributed by atoms with E-state index in [1.165, 1.54) is 103 Å². The summed E-state index contributed by atoms with van der Waals surface area (Å²) in [6.45, 7) is 0. The average molecular weight is 365 g/mol. The number of hydrogen-bond donors (Lipinski definition) is 1. The van der Waals surface area contributed by atoms with Gasteiger partial charge in [-0.2, -0.15) is 0 Å². The quantitative estimate of drug-likeness (QED) is 0.516. The maximum absolute atomic E-state index is 11.8. The van der Waals surface area contributed by atoms with E-state index < -0.39 is 5.97 Å². The molecule has 0 aromatic rings. The molecule has 0 atom stereocenters. The van der Waals surface area contributed by atoms with Gasteiger partial charge in [0.25, 0.3) is 0 Å². The Morgan fingerprint density at radius 2 is 0.769 bits per heavy atom. The summed E-state index contributed by atoms with van der Waals surface area (Å²) in [6, 6.07) is 0. The lowest BCUT2D eigenvalue weighted by Crippen LogP contribution is -2.17. The molecule has 26 heavy (non-hydrogen) atoms. The second kappa shape index (κ2) is 13.6. The summed E-state index contributed by atoms with van der Waals surface area (Å²) in [5, 5.41) is 9.72. The van der Waals surface area contributed by atoms with Crippen molar-refractivity contribution in [2.75, 3.05) is 0 Å². The van der Waals surface area contributed by atoms with Gasteiger partial charge in [0, 0.05) is 0 Å². The Hall–Kier alpha value is -0.530. The lowest BCUT2D eigenvalue weighted by atomic mass is 9.84. The van der Waals surface area contributed by atoms with Gasteiger partial charge in [0.2, 0.25) is 0 Å². The van der Waals surface area contributed by atoms with Crippen LogP contribution in [0.5, 0.6) is 0 Å². The monoisotopic (exact) mass is 364 g/mol. The van der Waals surface area contributed by atoms with Crippen molar-refractivity contribution < 1.29 is 9.90 Å². The van der Waals surface area contributed by atoms with Crippen LogP contribution in [0, 0.1) is 17.8 Å². The summed E-state index contributed by atoms with van der Waals surface area (Å²) in [5.74, 6) is 0.942. The fourth-order valence-electron chi connectivity index (χ4n) is 5.28. The molecule has 2 nitrogen and oxygen atoms in total. The van der Waals surface area contributed by atoms with Gasteiger partial charge in [-0.15, -0.1) is 0 Å². The van der Waals surface area contributed by atoms with Crippen LogP contribution in [0.2, 0.25) is 0 Å². The molecule has 0 heterocycles. The first kappa shape index (κ1) is 21.8. The first-order chi connectivity index (χ1) is 12.8. The summed E-state index contributed by atoms with van der Waals surface area (Å²) >= 11 is 0. The van der Waals surface area contributed by atoms with E-state index in [1.807, 2.05) is 0 Å². The summed E-state index contributed by atoms with van der Waals surface area (Å²) < 4.78 is 0. The SMILES string of the molecule is O=C(O)C1CCC2CCCCCCCCC(CCCCCCCC2)CC1. The highest BCUT2D eigenvalue weighted by Gasteiger charge is 2.22. The molecule has 2 bridgehead atoms. The highest BCUT2D eigenvalue weighted by Crippen LogP contribution is 2.31. The Kier molecular flexibility index (Phi) is 11.4. The predicted molar refractivity (Wildman–Crippen MR) is 110 cm³/mol. The Balaban J connectivity index is 2.03. The summed E-state index contributed by atoms with van der Waals surface area (Å²) in [5.41, 5.74) is 0. The van der Waals surface area contributed by atoms with Crippen LogP contribution in [-0.2, 0) is 4.79 Å². The third kappa shape index (κ3) is 9.42. The third-order valence-electron chi connectivity index (χ3n) is 7.15. The normalized spacial score (nSPS) is 31.8. The van der Waals surface area contributed by atoms with E-state index in [0.29, 0.717) is 0 Å². The smallest absolute Gasteiger partial charge is 0.306 e. The minimum atomic E-state index is -0.531. The second-order valence-electron chi connectivity index (χ2n) is 9.32. The van der Waals surface area contributed by atoms with Crippen LogP contribution in [0.25, 0.3) is 0 Å². The Morgan fingerprint density at radius 1 is 0.462 bits per heavy atom. The number of aliphatic carboxylic acids is 1. The average Bonchev–Trinajstić information content (AvgIpc) is 2.64. The van der Waals surface area contributed by atoms with Crippen LogP contribution in [0.3, 0.4) is 0 Å². The lowest BCUT2D eigenvalue weighted by molar-refractivity contribution is -0.142. The Morgan fingerprint density at radius 3 is 1.08 bits per heavy atom. The molecule has 0 aliphatic heterocycles. The van der Waals surface area contributed by atoms with Crippen molar-refractivity contribution in [3.8, 4) is 0 Å². The zero-order chi connectivity index (χ0) is 18.5. The van der Waals surface area contributed by atoms with E-state index >= 15 is 0 Å². The van der Waals surface area contributed by atoms with E-state index in [0.717, 1.165) is 37.5 Å². The van der Waals surface area contributed by atoms with Gasteiger partial charge in [-0.25, -0.2) is 0 Å². The van der Waals surface area contributed by atoms with Crippen LogP contribution in [0.4, 0.5) is 0 Å². The van der Waals surface area contributed by atoms with Gasteiger partial charge in [-0.05, 0) is 37.5 Å². The van der Waals surface area contributed by atoms with Gasteiger partial charge in [-0.3, -0.25) is 4.79 Å². The maximum Gasteiger partial charge on any atom is 0.306 e. The van der Waals surface area contributed by atoms with Gasteiger partial charge in [0.1, 0.15) is 0 Å². The van der Waals surface area contributed by atoms with Crippen molar-refractivity contribution in [2.45, 2.75) is 128 Å². The maximum atomic E-state index is 11.8. The van der Waals surface area contributed by atoms with Gasteiger partial charge < -0.3 is 5.11 Å². The molecule has 1 N–H and O–H groups in total. The van der Waals surface area contributed by atoms with E-state index in [-0.39, 0.29) is 5.92 Å². The van der Waals surface area contributed by atoms with E-state index in [4.69, 9.17) is 0 Å². The molecular formula is C24H44O2. The molecule has 0 amide bonds. The number of rotatable bonds is 1. The summed E-state index contributed by atoms with van der Waals surface area (Å²) in [7, 11) is 0. The van der Waals surface area contributed by atoms with Crippen molar-refractivity contribution in [3.63, 3.8) is 0 Å². The largest absolute Gasteiger partial charge is 0.481 e. The van der Waals surface area contributed by atoms with Crippen LogP contribution in [-0.4, -0.2) is 11.1 Å². The molecule has 0 unspecified atom stereocenters. The Bertz CT molecular complexity index is 317. The lowest BCUT2D eigenvalue weighted by Gasteiger charge is -2.21. The number of carboxylic acid groups (broad SMARTS) is 1. The van der Waals surface area contributed by atoms with Crippen molar-refractivity contribution in [2.24, 2.45) is 17.8 Å². The molecule has 2 aliphatic rings. The fourth-order valence-corrected chi connectivity index (χ4v) is 5.28. The molecule has 152 valence electrons. The van der Waals surface area contributed by atoms with Crippen LogP contribution in [0.15, 0.2) is 0 Å². The van der Waals surface area contributed by atoms with Crippen molar-refractivity contribution in [1.29, 1.82) is 0 Å². The molecule has 2 fully saturated rings. The highest BCUT2D eigenvalue weighted by atomic mass is 16.4. The number of carboxylic acids is 1. The van der Waals surface area contributed by atoms with Crippen LogP contribution < -0.4 is 0 Å². The van der Waals surface area contributed by atoms with Crippen LogP contribution in [0.1, 0.15) is 128 Å². The number of fused-ring (bicyclic) bond motifs is 6. The standard InChI is InChI=1S/C24H44O2/c25-24(26)23-19-17-21-13-9-5-1-2-6-10-14-22(18-20-23)16-12-8-4-3-7-11-15-21/h21-23H,1-20H2,(H,25,26). The zero-order valence-electron chi connectivity index (χ0n) is 17.2. The summed E-state index contributed by atoms with van der Waals surface area (Å²) in [4.78, 5) is 11.8. The van der Waals surface area contributed by atoms with E-state index in [1.54, 1.807) is 0 Å². The third-order valence-corrected chi connectivity index (χ3v) is 7.15. The molecule has 2 saturated carbocycles. The second-order valence-corrected chi connectivity index (χ2v) is 9.32. The number of carbonyl (C=O) groups is 1. The van der Waals surface area contributed by atoms with E-state index in [9.17, 15) is 9.90 Å². The van der Waals surface area contributed by atoms with Crippen molar-refractivity contribution >= 4 is 5.97 Å². The van der Waals surface area contributed by atoms with Crippen molar-refractivity contribution in [1.82, 2.24) is 0 Å². The van der Waals surface area contributed by atoms with Gasteiger partial charge in [0.05, 0.1) is 5.92 Å². The molecule has 0 aromatic carbocycles. The molecule has 0 spiro atoms. The minimum Gasteiger partial charge on any atom is -0.481 e. The predicted octanol–water partition coefficient (Wildman–Crippen LogP) is 7.75. The fraction of sp³-hybridized carbons (Fsp3) is 0.958. The van der Waals surface area contributed by atoms with Gasteiger partial charge in [-0.1, -0.05) is 103 Å². The van der Waals surface area contributed by atoms with Crippen molar-refractivity contribution in [3.05, 3.63) is 0 Å². The molecule has 2 rings (SSSR count). The first-order valence-electron chi connectivity index (χ1n) is 12.0. The Labute approximate surface area is 162 Å². The molecule has 0 aromatic heterocycles. The van der Waals surface area contributed by atoms with Gasteiger partial charge >= 0.3 is 5.97 Å². The first-order valence-corrected chi connectivity index (χ1v) is 12.0. The molecule has 0 saturated heterocycles. The molecule has 2 heteroatoms. The zero-order valence-corrected chi connectivity index (χ0v) is 17.2. The minimum absolute atomic E-state index is 0.0877. The highest BCUT2D eigenvalue weighted by molar-refractivity contribution is 5.69. The topological polar surface area (TPSA) is 37.3 Å². The van der Waals surface area contributed by atoms with Gasteiger partial charge in [0.15, 0.2) is 0 Å². The number of hydrogen-bond acceptors (Lipinski definition) is 1. The summed E-state index contributed by atoms with van der Waals surface area (Å²) in [6.07, 6.45) is 26.2. The van der Waals surface area contributed by atoms with Crippen LogP contribution >= 0.6 is 0 Å². The van der Waals surface area contributed by atoms with E-state index in [2.05, 4.69) is 0 Å². The molecule has 2 aliphatic carbocycles.